The number of urea groups is 1. The predicted octanol–water partition coefficient (Wildman–Crippen LogP) is 0.298. The average Bonchev–Trinajstić information content (AvgIpc) is 2.99. The lowest BCUT2D eigenvalue weighted by Crippen LogP contribution is -2.51. The summed E-state index contributed by atoms with van der Waals surface area (Å²) in [6.45, 7) is 2.20. The molecule has 2 heterocycles. The van der Waals surface area contributed by atoms with Crippen molar-refractivity contribution in [2.45, 2.75) is 25.3 Å². The molecule has 0 aliphatic carbocycles. The number of nitrogens with one attached hydrogen (secondary N) is 1. The summed E-state index contributed by atoms with van der Waals surface area (Å²) in [7, 11) is 1.71. The van der Waals surface area contributed by atoms with Crippen LogP contribution in [0.3, 0.4) is 0 Å². The molecule has 1 atom stereocenters. The van der Waals surface area contributed by atoms with Gasteiger partial charge in [0.1, 0.15) is 0 Å². The fourth-order valence-corrected chi connectivity index (χ4v) is 2.59. The number of amides is 2. The summed E-state index contributed by atoms with van der Waals surface area (Å²) in [5.41, 5.74) is -0.902. The number of aliphatic carboxylic acids is 1. The van der Waals surface area contributed by atoms with Crippen LogP contribution in [0.2, 0.25) is 0 Å². The Morgan fingerprint density at radius 3 is 2.55 bits per heavy atom. The van der Waals surface area contributed by atoms with E-state index in [1.165, 1.54) is 0 Å². The number of rotatable bonds is 4. The van der Waals surface area contributed by atoms with Gasteiger partial charge in [0.15, 0.2) is 0 Å². The Bertz CT molecular complexity index is 362. The standard InChI is InChI=1S/C13H22N2O5/c1-15(10-2-5-20-8-10)12(18)14-9-13(11(16)17)3-6-19-7-4-13/h10H,2-9H2,1H3,(H,14,18)(H,16,17). The highest BCUT2D eigenvalue weighted by Gasteiger charge is 2.40. The van der Waals surface area contributed by atoms with Gasteiger partial charge in [-0.3, -0.25) is 4.79 Å². The number of nitrogens with zero attached hydrogens (tertiary/aromatic N) is 1. The van der Waals surface area contributed by atoms with Gasteiger partial charge in [-0.05, 0) is 19.3 Å². The summed E-state index contributed by atoms with van der Waals surface area (Å²) in [5, 5.41) is 12.2. The fourth-order valence-electron chi connectivity index (χ4n) is 2.59. The molecule has 2 rings (SSSR count). The maximum absolute atomic E-state index is 12.1. The van der Waals surface area contributed by atoms with E-state index < -0.39 is 11.4 Å². The van der Waals surface area contributed by atoms with Crippen molar-refractivity contribution in [1.82, 2.24) is 10.2 Å². The van der Waals surface area contributed by atoms with Crippen LogP contribution in [-0.2, 0) is 14.3 Å². The number of carboxylic acids is 1. The molecule has 2 aliphatic heterocycles. The Morgan fingerprint density at radius 1 is 1.30 bits per heavy atom. The van der Waals surface area contributed by atoms with Crippen LogP contribution in [0.4, 0.5) is 4.79 Å². The van der Waals surface area contributed by atoms with Crippen LogP contribution in [0.15, 0.2) is 0 Å². The normalized spacial score (nSPS) is 25.1. The smallest absolute Gasteiger partial charge is 0.317 e. The monoisotopic (exact) mass is 286 g/mol. The van der Waals surface area contributed by atoms with Gasteiger partial charge in [0.05, 0.1) is 18.1 Å². The molecule has 0 aromatic rings. The van der Waals surface area contributed by atoms with Crippen molar-refractivity contribution in [1.29, 1.82) is 0 Å². The van der Waals surface area contributed by atoms with Crippen LogP contribution in [0.1, 0.15) is 19.3 Å². The Balaban J connectivity index is 1.88. The molecule has 20 heavy (non-hydrogen) atoms. The Labute approximate surface area is 118 Å². The second-order valence-corrected chi connectivity index (χ2v) is 5.48. The number of carboxylic acid groups (broad SMARTS) is 1. The van der Waals surface area contributed by atoms with E-state index >= 15 is 0 Å². The first kappa shape index (κ1) is 15.1. The predicted molar refractivity (Wildman–Crippen MR) is 70.5 cm³/mol. The lowest BCUT2D eigenvalue weighted by atomic mass is 9.80. The maximum Gasteiger partial charge on any atom is 0.317 e. The number of hydrogen-bond acceptors (Lipinski definition) is 4. The average molecular weight is 286 g/mol. The number of carbonyl (C=O) groups excluding carboxylic acids is 1. The molecule has 0 spiro atoms. The second-order valence-electron chi connectivity index (χ2n) is 5.48. The highest BCUT2D eigenvalue weighted by molar-refractivity contribution is 5.78. The maximum atomic E-state index is 12.1. The lowest BCUT2D eigenvalue weighted by molar-refractivity contribution is -0.154. The van der Waals surface area contributed by atoms with E-state index in [0.717, 1.165) is 6.42 Å². The van der Waals surface area contributed by atoms with Crippen molar-refractivity contribution < 1.29 is 24.2 Å². The fraction of sp³-hybridized carbons (Fsp3) is 0.846. The molecule has 7 nitrogen and oxygen atoms in total. The van der Waals surface area contributed by atoms with Crippen molar-refractivity contribution in [3.8, 4) is 0 Å². The minimum Gasteiger partial charge on any atom is -0.481 e. The first-order chi connectivity index (χ1) is 9.55. The molecule has 2 amide bonds. The summed E-state index contributed by atoms with van der Waals surface area (Å²) in [6.07, 6.45) is 1.68. The first-order valence-corrected chi connectivity index (χ1v) is 6.95. The zero-order valence-corrected chi connectivity index (χ0v) is 11.8. The van der Waals surface area contributed by atoms with Gasteiger partial charge in [-0.2, -0.15) is 0 Å². The summed E-state index contributed by atoms with van der Waals surface area (Å²) >= 11 is 0. The molecule has 0 bridgehead atoms. The Kier molecular flexibility index (Phi) is 4.82. The van der Waals surface area contributed by atoms with Gasteiger partial charge in [0.25, 0.3) is 0 Å². The van der Waals surface area contributed by atoms with E-state index in [4.69, 9.17) is 9.47 Å². The van der Waals surface area contributed by atoms with Gasteiger partial charge in [-0.15, -0.1) is 0 Å². The van der Waals surface area contributed by atoms with Crippen LogP contribution in [0, 0.1) is 5.41 Å². The van der Waals surface area contributed by atoms with Gasteiger partial charge in [0.2, 0.25) is 0 Å². The molecular weight excluding hydrogens is 264 g/mol. The third-order valence-corrected chi connectivity index (χ3v) is 4.26. The molecule has 0 aromatic heterocycles. The van der Waals surface area contributed by atoms with Crippen LogP contribution < -0.4 is 5.32 Å². The van der Waals surface area contributed by atoms with Gasteiger partial charge in [0, 0.05) is 33.4 Å². The van der Waals surface area contributed by atoms with Gasteiger partial charge < -0.3 is 24.8 Å². The molecule has 2 fully saturated rings. The van der Waals surface area contributed by atoms with Crippen molar-refractivity contribution in [3.05, 3.63) is 0 Å². The molecule has 0 radical (unpaired) electrons. The van der Waals surface area contributed by atoms with Crippen molar-refractivity contribution in [2.75, 3.05) is 40.0 Å². The third kappa shape index (κ3) is 3.21. The van der Waals surface area contributed by atoms with E-state index in [1.54, 1.807) is 11.9 Å². The van der Waals surface area contributed by atoms with Crippen LogP contribution in [0.5, 0.6) is 0 Å². The molecule has 1 unspecified atom stereocenters. The Hall–Kier alpha value is -1.34. The first-order valence-electron chi connectivity index (χ1n) is 6.95. The second kappa shape index (κ2) is 6.41. The van der Waals surface area contributed by atoms with E-state index in [2.05, 4.69) is 5.32 Å². The molecule has 2 saturated heterocycles. The summed E-state index contributed by atoms with van der Waals surface area (Å²) < 4.78 is 10.5. The number of likely N-dealkylation sites (N-methyl/N-ethyl adjacent to an activating group) is 1. The molecule has 0 saturated carbocycles. The van der Waals surface area contributed by atoms with Crippen LogP contribution >= 0.6 is 0 Å². The van der Waals surface area contributed by atoms with E-state index in [9.17, 15) is 14.7 Å². The quantitative estimate of drug-likeness (QED) is 0.776. The topological polar surface area (TPSA) is 88.1 Å². The summed E-state index contributed by atoms with van der Waals surface area (Å²) in [4.78, 5) is 25.1. The molecular formula is C13H22N2O5. The van der Waals surface area contributed by atoms with Crippen molar-refractivity contribution in [2.24, 2.45) is 5.41 Å². The molecule has 2 aliphatic rings. The third-order valence-electron chi connectivity index (χ3n) is 4.26. The highest BCUT2D eigenvalue weighted by Crippen LogP contribution is 2.30. The zero-order valence-electron chi connectivity index (χ0n) is 11.8. The van der Waals surface area contributed by atoms with Crippen LogP contribution in [0.25, 0.3) is 0 Å². The van der Waals surface area contributed by atoms with Crippen molar-refractivity contribution in [3.63, 3.8) is 0 Å². The van der Waals surface area contributed by atoms with Crippen LogP contribution in [-0.4, -0.2) is 68.1 Å². The summed E-state index contributed by atoms with van der Waals surface area (Å²) in [5.74, 6) is -0.868. The summed E-state index contributed by atoms with van der Waals surface area (Å²) in [6, 6.07) is -0.168. The number of carbonyl (C=O) groups is 2. The minimum absolute atomic E-state index is 0.0745. The van der Waals surface area contributed by atoms with Crippen molar-refractivity contribution >= 4 is 12.0 Å². The number of ether oxygens (including phenoxy) is 2. The largest absolute Gasteiger partial charge is 0.481 e. The molecule has 7 heteroatoms. The minimum atomic E-state index is -0.902. The molecule has 114 valence electrons. The lowest BCUT2D eigenvalue weighted by Gasteiger charge is -2.34. The molecule has 0 aromatic carbocycles. The van der Waals surface area contributed by atoms with E-state index in [-0.39, 0.29) is 18.6 Å². The Morgan fingerprint density at radius 2 is 2.00 bits per heavy atom. The highest BCUT2D eigenvalue weighted by atomic mass is 16.5. The molecule has 2 N–H and O–H groups in total. The van der Waals surface area contributed by atoms with Gasteiger partial charge in [-0.25, -0.2) is 4.79 Å². The number of hydrogen-bond donors (Lipinski definition) is 2. The SMILES string of the molecule is CN(C(=O)NCC1(C(=O)O)CCOCC1)C1CCOC1. The van der Waals surface area contributed by atoms with E-state index in [0.29, 0.717) is 39.3 Å². The zero-order chi connectivity index (χ0) is 14.6. The van der Waals surface area contributed by atoms with Gasteiger partial charge in [-0.1, -0.05) is 0 Å². The van der Waals surface area contributed by atoms with Gasteiger partial charge >= 0.3 is 12.0 Å². The van der Waals surface area contributed by atoms with E-state index in [1.807, 2.05) is 0 Å².